The summed E-state index contributed by atoms with van der Waals surface area (Å²) >= 11 is 0. The number of likely N-dealkylation sites (N-methyl/N-ethyl adjacent to an activating group) is 1. The lowest BCUT2D eigenvalue weighted by atomic mass is 9.84. The average molecular weight is 466 g/mol. The monoisotopic (exact) mass is 465 g/mol. The van der Waals surface area contributed by atoms with Gasteiger partial charge in [0.2, 0.25) is 11.8 Å². The van der Waals surface area contributed by atoms with Crippen LogP contribution in [0.25, 0.3) is 0 Å². The number of nitrogens with one attached hydrogen (secondary N) is 1. The standard InChI is InChI=1S/C26H47N3O4/c1-10-13-19(5)29-15-12-11-14-20(29)23(30)27-22(26(6,7)8)24(31)28(9)21(17(2)3)16-18(4)25(32)33/h16-17,19-22H,10-15H2,1-9H3,(H,27,30)(H,32,33)/b18-16+/t19?,20?,21-,22?/m1/s1. The zero-order valence-corrected chi connectivity index (χ0v) is 22.3. The minimum atomic E-state index is -0.999. The van der Waals surface area contributed by atoms with Gasteiger partial charge in [-0.25, -0.2) is 4.79 Å². The maximum atomic E-state index is 13.6. The first-order valence-electron chi connectivity index (χ1n) is 12.5. The van der Waals surface area contributed by atoms with Crippen LogP contribution in [0.15, 0.2) is 11.6 Å². The summed E-state index contributed by atoms with van der Waals surface area (Å²) in [7, 11) is 1.69. The Morgan fingerprint density at radius 3 is 2.27 bits per heavy atom. The van der Waals surface area contributed by atoms with E-state index in [-0.39, 0.29) is 35.4 Å². The van der Waals surface area contributed by atoms with Crippen LogP contribution in [0.2, 0.25) is 0 Å². The number of amides is 2. The van der Waals surface area contributed by atoms with Gasteiger partial charge in [0.1, 0.15) is 6.04 Å². The van der Waals surface area contributed by atoms with Crippen molar-refractivity contribution in [3.63, 3.8) is 0 Å². The molecular weight excluding hydrogens is 418 g/mol. The number of likely N-dealkylation sites (tertiary alicyclic amines) is 1. The van der Waals surface area contributed by atoms with Crippen molar-refractivity contribution < 1.29 is 19.5 Å². The number of carboxylic acids is 1. The predicted octanol–water partition coefficient (Wildman–Crippen LogP) is 4.07. The Morgan fingerprint density at radius 2 is 1.79 bits per heavy atom. The van der Waals surface area contributed by atoms with Crippen LogP contribution in [-0.2, 0) is 14.4 Å². The summed E-state index contributed by atoms with van der Waals surface area (Å²) in [5, 5.41) is 12.4. The Balaban J connectivity index is 3.16. The van der Waals surface area contributed by atoms with Gasteiger partial charge in [-0.15, -0.1) is 0 Å². The van der Waals surface area contributed by atoms with Crippen molar-refractivity contribution in [2.24, 2.45) is 11.3 Å². The van der Waals surface area contributed by atoms with Gasteiger partial charge in [-0.3, -0.25) is 14.5 Å². The van der Waals surface area contributed by atoms with E-state index >= 15 is 0 Å². The maximum absolute atomic E-state index is 13.6. The van der Waals surface area contributed by atoms with Crippen LogP contribution < -0.4 is 5.32 Å². The highest BCUT2D eigenvalue weighted by molar-refractivity contribution is 5.91. The molecular formula is C26H47N3O4. The Hall–Kier alpha value is -1.89. The molecule has 2 amide bonds. The quantitative estimate of drug-likeness (QED) is 0.475. The third kappa shape index (κ3) is 8.13. The number of carbonyl (C=O) groups is 3. The van der Waals surface area contributed by atoms with Gasteiger partial charge in [0, 0.05) is 18.7 Å². The summed E-state index contributed by atoms with van der Waals surface area (Å²) in [5.41, 5.74) is -0.296. The Labute approximate surface area is 201 Å². The molecule has 33 heavy (non-hydrogen) atoms. The topological polar surface area (TPSA) is 90.0 Å². The molecule has 4 atom stereocenters. The van der Waals surface area contributed by atoms with E-state index < -0.39 is 17.4 Å². The lowest BCUT2D eigenvalue weighted by Crippen LogP contribution is -2.60. The molecule has 0 aromatic rings. The Morgan fingerprint density at radius 1 is 1.18 bits per heavy atom. The second-order valence-corrected chi connectivity index (χ2v) is 11.0. The molecule has 7 nitrogen and oxygen atoms in total. The zero-order valence-electron chi connectivity index (χ0n) is 22.3. The molecule has 0 saturated carbocycles. The number of piperidine rings is 1. The van der Waals surface area contributed by atoms with Crippen LogP contribution in [-0.4, -0.2) is 70.4 Å². The lowest BCUT2D eigenvalue weighted by molar-refractivity contribution is -0.142. The highest BCUT2D eigenvalue weighted by atomic mass is 16.4. The number of nitrogens with zero attached hydrogens (tertiary/aromatic N) is 2. The van der Waals surface area contributed by atoms with Crippen molar-refractivity contribution in [3.8, 4) is 0 Å². The van der Waals surface area contributed by atoms with Crippen molar-refractivity contribution in [1.29, 1.82) is 0 Å². The molecule has 190 valence electrons. The fourth-order valence-electron chi connectivity index (χ4n) is 4.66. The van der Waals surface area contributed by atoms with Crippen LogP contribution in [0.3, 0.4) is 0 Å². The van der Waals surface area contributed by atoms with E-state index in [1.165, 1.54) is 6.92 Å². The Bertz CT molecular complexity index is 711. The van der Waals surface area contributed by atoms with E-state index in [2.05, 4.69) is 24.1 Å². The summed E-state index contributed by atoms with van der Waals surface area (Å²) in [6.07, 6.45) is 6.64. The second kappa shape index (κ2) is 12.5. The number of hydrogen-bond acceptors (Lipinski definition) is 4. The van der Waals surface area contributed by atoms with Crippen LogP contribution in [0.5, 0.6) is 0 Å². The highest BCUT2D eigenvalue weighted by Crippen LogP contribution is 2.26. The van der Waals surface area contributed by atoms with Crippen molar-refractivity contribution in [1.82, 2.24) is 15.1 Å². The molecule has 0 bridgehead atoms. The molecule has 1 aliphatic heterocycles. The smallest absolute Gasteiger partial charge is 0.331 e. The van der Waals surface area contributed by atoms with E-state index in [0.717, 1.165) is 38.6 Å². The largest absolute Gasteiger partial charge is 0.478 e. The molecule has 1 rings (SSSR count). The number of rotatable bonds is 10. The van der Waals surface area contributed by atoms with E-state index in [0.29, 0.717) is 6.04 Å². The van der Waals surface area contributed by atoms with Crippen LogP contribution in [0, 0.1) is 11.3 Å². The predicted molar refractivity (Wildman–Crippen MR) is 133 cm³/mol. The summed E-state index contributed by atoms with van der Waals surface area (Å²) in [5.74, 6) is -1.26. The molecule has 0 aliphatic carbocycles. The van der Waals surface area contributed by atoms with Crippen molar-refractivity contribution in [2.45, 2.75) is 112 Å². The first-order valence-corrected chi connectivity index (χ1v) is 12.5. The summed E-state index contributed by atoms with van der Waals surface area (Å²) in [6.45, 7) is 16.5. The zero-order chi connectivity index (χ0) is 25.5. The molecule has 1 aliphatic rings. The molecule has 1 heterocycles. The first kappa shape index (κ1) is 29.1. The Kier molecular flexibility index (Phi) is 11.1. The van der Waals surface area contributed by atoms with E-state index in [1.54, 1.807) is 18.0 Å². The number of aliphatic carboxylic acids is 1. The SMILES string of the molecule is CCCC(C)N1CCCCC1C(=O)NC(C(=O)N(C)[C@H](/C=C(\C)C(=O)O)C(C)C)C(C)(C)C. The molecule has 1 fully saturated rings. The van der Waals surface area contributed by atoms with Gasteiger partial charge in [0.25, 0.3) is 0 Å². The third-order valence-corrected chi connectivity index (χ3v) is 6.76. The molecule has 0 spiro atoms. The second-order valence-electron chi connectivity index (χ2n) is 11.0. The lowest BCUT2D eigenvalue weighted by Gasteiger charge is -2.41. The van der Waals surface area contributed by atoms with Crippen molar-refractivity contribution in [2.75, 3.05) is 13.6 Å². The van der Waals surface area contributed by atoms with Gasteiger partial charge in [-0.1, -0.05) is 60.5 Å². The maximum Gasteiger partial charge on any atom is 0.331 e. The fourth-order valence-corrected chi connectivity index (χ4v) is 4.66. The van der Waals surface area contributed by atoms with E-state index in [4.69, 9.17) is 0 Å². The van der Waals surface area contributed by atoms with Gasteiger partial charge in [0.15, 0.2) is 0 Å². The van der Waals surface area contributed by atoms with Gasteiger partial charge in [-0.05, 0) is 51.0 Å². The molecule has 7 heteroatoms. The van der Waals surface area contributed by atoms with Crippen LogP contribution in [0.4, 0.5) is 0 Å². The van der Waals surface area contributed by atoms with Gasteiger partial charge in [0.05, 0.1) is 12.1 Å². The molecule has 0 aromatic carbocycles. The molecule has 2 N–H and O–H groups in total. The normalized spacial score (nSPS) is 20.8. The van der Waals surface area contributed by atoms with Crippen molar-refractivity contribution in [3.05, 3.63) is 11.6 Å². The average Bonchev–Trinajstić information content (AvgIpc) is 2.73. The number of hydrogen-bond donors (Lipinski definition) is 2. The van der Waals surface area contributed by atoms with Crippen molar-refractivity contribution >= 4 is 17.8 Å². The number of carboxylic acid groups (broad SMARTS) is 1. The summed E-state index contributed by atoms with van der Waals surface area (Å²) in [4.78, 5) is 42.4. The van der Waals surface area contributed by atoms with Gasteiger partial charge >= 0.3 is 5.97 Å². The minimum absolute atomic E-state index is 0.0216. The fraction of sp³-hybridized carbons (Fsp3) is 0.808. The highest BCUT2D eigenvalue weighted by Gasteiger charge is 2.40. The van der Waals surface area contributed by atoms with E-state index in [9.17, 15) is 19.5 Å². The summed E-state index contributed by atoms with van der Waals surface area (Å²) in [6, 6.07) is -0.989. The van der Waals surface area contributed by atoms with Gasteiger partial charge < -0.3 is 15.3 Å². The molecule has 1 saturated heterocycles. The van der Waals surface area contributed by atoms with E-state index in [1.807, 2.05) is 34.6 Å². The minimum Gasteiger partial charge on any atom is -0.478 e. The van der Waals surface area contributed by atoms with Crippen LogP contribution in [0.1, 0.15) is 87.5 Å². The first-order chi connectivity index (χ1) is 15.2. The third-order valence-electron chi connectivity index (χ3n) is 6.76. The number of carbonyl (C=O) groups excluding carboxylic acids is 2. The molecule has 0 aromatic heterocycles. The molecule has 3 unspecified atom stereocenters. The summed E-state index contributed by atoms with van der Waals surface area (Å²) < 4.78 is 0. The van der Waals surface area contributed by atoms with Crippen LogP contribution >= 0.6 is 0 Å². The molecule has 0 radical (unpaired) electrons. The van der Waals surface area contributed by atoms with Gasteiger partial charge in [-0.2, -0.15) is 0 Å².